The number of carbonyl (C=O) groups is 2. The molecule has 0 saturated heterocycles. The molecule has 0 aromatic heterocycles. The number of nitrogen functional groups attached to an aromatic ring is 1. The Morgan fingerprint density at radius 3 is 2.21 bits per heavy atom. The van der Waals surface area contributed by atoms with E-state index in [4.69, 9.17) is 28.9 Å². The fourth-order valence-electron chi connectivity index (χ4n) is 2.50. The molecule has 0 bridgehead atoms. The fraction of sp³-hybridized carbons (Fsp3) is 0.429. The standard InChI is InChI=1S/C14H15Cl2NO2/c1-6-3-11(18)13(14(19)7(6)2)12-9(15)4-8(17)5-10(12)16/h4-7,13H,3,17H2,1-2H3. The van der Waals surface area contributed by atoms with Crippen LogP contribution in [0.3, 0.4) is 0 Å². The van der Waals surface area contributed by atoms with Crippen LogP contribution in [0.2, 0.25) is 10.0 Å². The van der Waals surface area contributed by atoms with E-state index in [-0.39, 0.29) is 33.4 Å². The smallest absolute Gasteiger partial charge is 0.150 e. The number of anilines is 1. The lowest BCUT2D eigenvalue weighted by atomic mass is 9.71. The van der Waals surface area contributed by atoms with Crippen LogP contribution in [0.1, 0.15) is 31.7 Å². The highest BCUT2D eigenvalue weighted by atomic mass is 35.5. The van der Waals surface area contributed by atoms with Crippen LogP contribution in [0.5, 0.6) is 0 Å². The molecule has 2 N–H and O–H groups in total. The summed E-state index contributed by atoms with van der Waals surface area (Å²) in [6.45, 7) is 3.74. The molecule has 19 heavy (non-hydrogen) atoms. The van der Waals surface area contributed by atoms with Crippen LogP contribution in [-0.2, 0) is 9.59 Å². The van der Waals surface area contributed by atoms with E-state index in [1.54, 1.807) is 0 Å². The van der Waals surface area contributed by atoms with Gasteiger partial charge in [-0.05, 0) is 18.1 Å². The summed E-state index contributed by atoms with van der Waals surface area (Å²) >= 11 is 12.2. The minimum atomic E-state index is -0.855. The first-order valence-corrected chi connectivity index (χ1v) is 6.89. The maximum atomic E-state index is 12.4. The van der Waals surface area contributed by atoms with Crippen molar-refractivity contribution in [1.82, 2.24) is 0 Å². The Morgan fingerprint density at radius 1 is 1.16 bits per heavy atom. The number of hydrogen-bond acceptors (Lipinski definition) is 3. The van der Waals surface area contributed by atoms with E-state index in [2.05, 4.69) is 0 Å². The summed E-state index contributed by atoms with van der Waals surface area (Å²) in [5, 5.41) is 0.553. The summed E-state index contributed by atoms with van der Waals surface area (Å²) in [4.78, 5) is 24.5. The monoisotopic (exact) mass is 299 g/mol. The molecule has 0 amide bonds. The summed E-state index contributed by atoms with van der Waals surface area (Å²) in [7, 11) is 0. The number of rotatable bonds is 1. The van der Waals surface area contributed by atoms with Gasteiger partial charge >= 0.3 is 0 Å². The molecule has 0 aliphatic heterocycles. The third kappa shape index (κ3) is 2.49. The van der Waals surface area contributed by atoms with Gasteiger partial charge in [-0.3, -0.25) is 9.59 Å². The van der Waals surface area contributed by atoms with Gasteiger partial charge in [0.25, 0.3) is 0 Å². The van der Waals surface area contributed by atoms with Crippen LogP contribution in [0.25, 0.3) is 0 Å². The number of halogens is 2. The summed E-state index contributed by atoms with van der Waals surface area (Å²) in [6, 6.07) is 3.04. The maximum Gasteiger partial charge on any atom is 0.150 e. The van der Waals surface area contributed by atoms with Crippen LogP contribution >= 0.6 is 23.2 Å². The molecule has 1 fully saturated rings. The first-order chi connectivity index (χ1) is 8.82. The number of carbonyl (C=O) groups excluding carboxylic acids is 2. The van der Waals surface area contributed by atoms with Crippen molar-refractivity contribution in [3.63, 3.8) is 0 Å². The molecule has 0 spiro atoms. The first kappa shape index (κ1) is 14.4. The lowest BCUT2D eigenvalue weighted by Gasteiger charge is -2.30. The van der Waals surface area contributed by atoms with Crippen molar-refractivity contribution in [3.05, 3.63) is 27.7 Å². The van der Waals surface area contributed by atoms with Crippen molar-refractivity contribution in [2.75, 3.05) is 5.73 Å². The van der Waals surface area contributed by atoms with Gasteiger partial charge in [-0.1, -0.05) is 37.0 Å². The van der Waals surface area contributed by atoms with E-state index in [0.717, 1.165) is 0 Å². The zero-order valence-corrected chi connectivity index (χ0v) is 12.3. The van der Waals surface area contributed by atoms with Gasteiger partial charge in [-0.2, -0.15) is 0 Å². The normalized spacial score (nSPS) is 27.7. The second-order valence-electron chi connectivity index (χ2n) is 5.17. The SMILES string of the molecule is CC1CC(=O)C(c2c(Cl)cc(N)cc2Cl)C(=O)C1C. The van der Waals surface area contributed by atoms with Gasteiger partial charge in [0.15, 0.2) is 5.78 Å². The van der Waals surface area contributed by atoms with Crippen LogP contribution in [0, 0.1) is 11.8 Å². The molecule has 5 heteroatoms. The Morgan fingerprint density at radius 2 is 1.68 bits per heavy atom. The molecule has 3 nitrogen and oxygen atoms in total. The van der Waals surface area contributed by atoms with Crippen molar-refractivity contribution < 1.29 is 9.59 Å². The highest BCUT2D eigenvalue weighted by molar-refractivity contribution is 6.37. The summed E-state index contributed by atoms with van der Waals surface area (Å²) in [5.74, 6) is -1.21. The third-order valence-corrected chi connectivity index (χ3v) is 4.45. The van der Waals surface area contributed by atoms with Crippen molar-refractivity contribution >= 4 is 40.5 Å². The van der Waals surface area contributed by atoms with E-state index >= 15 is 0 Å². The van der Waals surface area contributed by atoms with Gasteiger partial charge in [-0.25, -0.2) is 0 Å². The molecule has 1 aromatic carbocycles. The van der Waals surface area contributed by atoms with Gasteiger partial charge in [0, 0.05) is 33.6 Å². The Kier molecular flexibility index (Phi) is 3.88. The lowest BCUT2D eigenvalue weighted by Crippen LogP contribution is -2.37. The topological polar surface area (TPSA) is 60.2 Å². The van der Waals surface area contributed by atoms with E-state index in [9.17, 15) is 9.59 Å². The number of benzene rings is 1. The van der Waals surface area contributed by atoms with Crippen molar-refractivity contribution in [3.8, 4) is 0 Å². The first-order valence-electron chi connectivity index (χ1n) is 6.13. The average Bonchev–Trinajstić information content (AvgIpc) is 2.29. The largest absolute Gasteiger partial charge is 0.399 e. The number of ketones is 2. The van der Waals surface area contributed by atoms with E-state index in [0.29, 0.717) is 17.7 Å². The van der Waals surface area contributed by atoms with Gasteiger partial charge in [0.2, 0.25) is 0 Å². The van der Waals surface area contributed by atoms with Crippen molar-refractivity contribution in [2.45, 2.75) is 26.2 Å². The second kappa shape index (κ2) is 5.14. The minimum absolute atomic E-state index is 0.0579. The van der Waals surface area contributed by atoms with E-state index in [1.165, 1.54) is 12.1 Å². The van der Waals surface area contributed by atoms with Crippen LogP contribution < -0.4 is 5.73 Å². The zero-order chi connectivity index (χ0) is 14.3. The van der Waals surface area contributed by atoms with E-state index < -0.39 is 5.92 Å². The highest BCUT2D eigenvalue weighted by Crippen LogP contribution is 2.40. The van der Waals surface area contributed by atoms with Gasteiger partial charge in [0.1, 0.15) is 11.7 Å². The van der Waals surface area contributed by atoms with Crippen LogP contribution in [0.4, 0.5) is 5.69 Å². The van der Waals surface area contributed by atoms with Gasteiger partial charge in [-0.15, -0.1) is 0 Å². The van der Waals surface area contributed by atoms with E-state index in [1.807, 2.05) is 13.8 Å². The minimum Gasteiger partial charge on any atom is -0.399 e. The Balaban J connectivity index is 2.52. The molecule has 1 aliphatic carbocycles. The second-order valence-corrected chi connectivity index (χ2v) is 5.98. The quantitative estimate of drug-likeness (QED) is 0.638. The molecular weight excluding hydrogens is 285 g/mol. The number of nitrogens with two attached hydrogens (primary N) is 1. The lowest BCUT2D eigenvalue weighted by molar-refractivity contribution is -0.136. The third-order valence-electron chi connectivity index (χ3n) is 3.82. The molecule has 1 saturated carbocycles. The number of Topliss-reactive ketones (excluding diaryl/α,β-unsaturated/α-hetero) is 2. The highest BCUT2D eigenvalue weighted by Gasteiger charge is 2.41. The maximum absolute atomic E-state index is 12.4. The van der Waals surface area contributed by atoms with Crippen LogP contribution in [0.15, 0.2) is 12.1 Å². The summed E-state index contributed by atoms with van der Waals surface area (Å²) in [6.07, 6.45) is 0.370. The summed E-state index contributed by atoms with van der Waals surface area (Å²) < 4.78 is 0. The molecule has 2 rings (SSSR count). The molecular formula is C14H15Cl2NO2. The molecule has 3 unspecified atom stereocenters. The molecule has 0 radical (unpaired) electrons. The summed E-state index contributed by atoms with van der Waals surface area (Å²) in [5.41, 5.74) is 6.45. The molecule has 1 aromatic rings. The Bertz CT molecular complexity index is 533. The average molecular weight is 300 g/mol. The van der Waals surface area contributed by atoms with Crippen molar-refractivity contribution in [2.24, 2.45) is 11.8 Å². The van der Waals surface area contributed by atoms with Crippen molar-refractivity contribution in [1.29, 1.82) is 0 Å². The van der Waals surface area contributed by atoms with Gasteiger partial charge in [0.05, 0.1) is 0 Å². The molecule has 102 valence electrons. The van der Waals surface area contributed by atoms with Gasteiger partial charge < -0.3 is 5.73 Å². The molecule has 1 aliphatic rings. The Hall–Kier alpha value is -1.06. The fourth-order valence-corrected chi connectivity index (χ4v) is 3.22. The van der Waals surface area contributed by atoms with Crippen LogP contribution in [-0.4, -0.2) is 11.6 Å². The zero-order valence-electron chi connectivity index (χ0n) is 10.7. The Labute approximate surface area is 122 Å². The molecule has 0 heterocycles. The number of hydrogen-bond donors (Lipinski definition) is 1. The predicted octanol–water partition coefficient (Wildman–Crippen LogP) is 3.47. The molecule has 3 atom stereocenters. The predicted molar refractivity (Wildman–Crippen MR) is 76.6 cm³/mol.